The molecule has 0 aromatic heterocycles. The molecule has 21 heavy (non-hydrogen) atoms. The Morgan fingerprint density at radius 3 is 2.38 bits per heavy atom. The maximum absolute atomic E-state index is 12.4. The second kappa shape index (κ2) is 7.18. The van der Waals surface area contributed by atoms with Crippen LogP contribution in [0.5, 0.6) is 5.75 Å². The maximum Gasteiger partial charge on any atom is 0.256 e. The summed E-state index contributed by atoms with van der Waals surface area (Å²) < 4.78 is 5.11. The van der Waals surface area contributed by atoms with Crippen LogP contribution in [0.4, 0.5) is 5.69 Å². The van der Waals surface area contributed by atoms with Crippen molar-refractivity contribution in [2.75, 3.05) is 12.4 Å². The number of methoxy groups -OCH3 is 1. The van der Waals surface area contributed by atoms with Crippen LogP contribution in [0.3, 0.4) is 0 Å². The van der Waals surface area contributed by atoms with Gasteiger partial charge in [0.25, 0.3) is 5.91 Å². The molecule has 0 atom stereocenters. The molecule has 0 aliphatic heterocycles. The zero-order chi connectivity index (χ0) is 15.2. The highest BCUT2D eigenvalue weighted by Gasteiger charge is 2.12. The monoisotopic (exact) mass is 301 g/mol. The van der Waals surface area contributed by atoms with E-state index in [1.54, 1.807) is 18.9 Å². The highest BCUT2D eigenvalue weighted by molar-refractivity contribution is 8.00. The van der Waals surface area contributed by atoms with Gasteiger partial charge >= 0.3 is 0 Å². The van der Waals surface area contributed by atoms with Gasteiger partial charge in [-0.05, 0) is 36.4 Å². The lowest BCUT2D eigenvalue weighted by atomic mass is 10.2. The average molecular weight is 301 g/mol. The van der Waals surface area contributed by atoms with Crippen molar-refractivity contribution in [3.63, 3.8) is 0 Å². The Bertz CT molecular complexity index is 608. The third kappa shape index (κ3) is 4.26. The molecule has 0 saturated heterocycles. The normalized spacial score (nSPS) is 10.5. The molecule has 1 N–H and O–H groups in total. The van der Waals surface area contributed by atoms with Crippen LogP contribution in [0.1, 0.15) is 24.2 Å². The molecule has 2 rings (SSSR count). The molecule has 0 fully saturated rings. The molecule has 0 spiro atoms. The van der Waals surface area contributed by atoms with E-state index in [-0.39, 0.29) is 5.91 Å². The molecule has 2 aromatic rings. The van der Waals surface area contributed by atoms with Crippen LogP contribution >= 0.6 is 11.8 Å². The van der Waals surface area contributed by atoms with Crippen molar-refractivity contribution >= 4 is 23.4 Å². The first-order valence-corrected chi connectivity index (χ1v) is 7.69. The summed E-state index contributed by atoms with van der Waals surface area (Å²) >= 11 is 1.69. The molecule has 1 amide bonds. The smallest absolute Gasteiger partial charge is 0.256 e. The SMILES string of the molecule is COc1ccc(NC(=O)c2ccccc2SC(C)C)cc1. The molecule has 2 aromatic carbocycles. The Hall–Kier alpha value is -1.94. The number of carbonyl (C=O) groups is 1. The third-order valence-electron chi connectivity index (χ3n) is 2.84. The number of hydrogen-bond acceptors (Lipinski definition) is 3. The van der Waals surface area contributed by atoms with Crippen LogP contribution in [0.25, 0.3) is 0 Å². The minimum Gasteiger partial charge on any atom is -0.497 e. The van der Waals surface area contributed by atoms with Crippen LogP contribution in [0, 0.1) is 0 Å². The fourth-order valence-electron chi connectivity index (χ4n) is 1.88. The van der Waals surface area contributed by atoms with Gasteiger partial charge in [-0.1, -0.05) is 26.0 Å². The second-order valence-corrected chi connectivity index (χ2v) is 6.46. The highest BCUT2D eigenvalue weighted by Crippen LogP contribution is 2.27. The molecular formula is C17H19NO2S. The van der Waals surface area contributed by atoms with Gasteiger partial charge in [-0.3, -0.25) is 4.79 Å². The van der Waals surface area contributed by atoms with Crippen molar-refractivity contribution in [1.29, 1.82) is 0 Å². The van der Waals surface area contributed by atoms with E-state index in [0.29, 0.717) is 10.8 Å². The molecule has 0 aliphatic rings. The summed E-state index contributed by atoms with van der Waals surface area (Å²) in [5.74, 6) is 0.674. The van der Waals surface area contributed by atoms with E-state index in [0.717, 1.165) is 16.3 Å². The molecule has 0 aliphatic carbocycles. The number of ether oxygens (including phenoxy) is 1. The van der Waals surface area contributed by atoms with Crippen molar-refractivity contribution < 1.29 is 9.53 Å². The molecule has 3 nitrogen and oxygen atoms in total. The van der Waals surface area contributed by atoms with E-state index in [1.165, 1.54) is 0 Å². The summed E-state index contributed by atoms with van der Waals surface area (Å²) in [6, 6.07) is 15.0. The number of hydrogen-bond donors (Lipinski definition) is 1. The van der Waals surface area contributed by atoms with Gasteiger partial charge in [-0.15, -0.1) is 11.8 Å². The first kappa shape index (κ1) is 15.4. The van der Waals surface area contributed by atoms with Gasteiger partial charge < -0.3 is 10.1 Å². The van der Waals surface area contributed by atoms with E-state index in [2.05, 4.69) is 19.2 Å². The zero-order valence-electron chi connectivity index (χ0n) is 12.4. The summed E-state index contributed by atoms with van der Waals surface area (Å²) in [5.41, 5.74) is 1.46. The van der Waals surface area contributed by atoms with Crippen molar-refractivity contribution in [2.45, 2.75) is 24.0 Å². The number of rotatable bonds is 5. The summed E-state index contributed by atoms with van der Waals surface area (Å²) in [5, 5.41) is 3.35. The predicted octanol–water partition coefficient (Wildman–Crippen LogP) is 4.45. The van der Waals surface area contributed by atoms with Crippen molar-refractivity contribution in [3.8, 4) is 5.75 Å². The lowest BCUT2D eigenvalue weighted by Gasteiger charge is -2.11. The van der Waals surface area contributed by atoms with Gasteiger partial charge in [0.15, 0.2) is 0 Å². The Morgan fingerprint density at radius 2 is 1.76 bits per heavy atom. The molecule has 0 unspecified atom stereocenters. The van der Waals surface area contributed by atoms with Crippen molar-refractivity contribution in [3.05, 3.63) is 54.1 Å². The first-order valence-electron chi connectivity index (χ1n) is 6.81. The summed E-state index contributed by atoms with van der Waals surface area (Å²) in [6.45, 7) is 4.23. The number of thioether (sulfide) groups is 1. The Balaban J connectivity index is 2.16. The Morgan fingerprint density at radius 1 is 1.10 bits per heavy atom. The summed E-state index contributed by atoms with van der Waals surface area (Å²) in [7, 11) is 1.62. The molecule has 4 heteroatoms. The predicted molar refractivity (Wildman–Crippen MR) is 88.4 cm³/mol. The first-order chi connectivity index (χ1) is 10.1. The van der Waals surface area contributed by atoms with E-state index in [9.17, 15) is 4.79 Å². The molecule has 0 radical (unpaired) electrons. The van der Waals surface area contributed by atoms with Crippen molar-refractivity contribution in [1.82, 2.24) is 0 Å². The van der Waals surface area contributed by atoms with Crippen LogP contribution in [-0.4, -0.2) is 18.3 Å². The highest BCUT2D eigenvalue weighted by atomic mass is 32.2. The molecule has 0 bridgehead atoms. The van der Waals surface area contributed by atoms with Gasteiger partial charge in [0.05, 0.1) is 12.7 Å². The zero-order valence-corrected chi connectivity index (χ0v) is 13.2. The third-order valence-corrected chi connectivity index (χ3v) is 3.92. The van der Waals surface area contributed by atoms with Gasteiger partial charge in [-0.2, -0.15) is 0 Å². The minimum absolute atomic E-state index is 0.0936. The van der Waals surface area contributed by atoms with E-state index in [1.807, 2.05) is 48.5 Å². The number of anilines is 1. The standard InChI is InChI=1S/C17H19NO2S/c1-12(2)21-16-7-5-4-6-15(16)17(19)18-13-8-10-14(20-3)11-9-13/h4-12H,1-3H3,(H,18,19). The number of benzene rings is 2. The molecule has 0 saturated carbocycles. The molecule has 110 valence electrons. The van der Waals surface area contributed by atoms with Gasteiger partial charge in [0.2, 0.25) is 0 Å². The second-order valence-electron chi connectivity index (χ2n) is 4.85. The van der Waals surface area contributed by atoms with Crippen LogP contribution < -0.4 is 10.1 Å². The van der Waals surface area contributed by atoms with Crippen LogP contribution in [-0.2, 0) is 0 Å². The maximum atomic E-state index is 12.4. The molecular weight excluding hydrogens is 282 g/mol. The lowest BCUT2D eigenvalue weighted by Crippen LogP contribution is -2.13. The topological polar surface area (TPSA) is 38.3 Å². The Kier molecular flexibility index (Phi) is 5.28. The van der Waals surface area contributed by atoms with E-state index >= 15 is 0 Å². The summed E-state index contributed by atoms with van der Waals surface area (Å²) in [6.07, 6.45) is 0. The average Bonchev–Trinajstić information content (AvgIpc) is 2.48. The van der Waals surface area contributed by atoms with Crippen LogP contribution in [0.2, 0.25) is 0 Å². The summed E-state index contributed by atoms with van der Waals surface area (Å²) in [4.78, 5) is 13.4. The van der Waals surface area contributed by atoms with Gasteiger partial charge in [0.1, 0.15) is 5.75 Å². The van der Waals surface area contributed by atoms with Gasteiger partial charge in [-0.25, -0.2) is 0 Å². The number of nitrogens with one attached hydrogen (secondary N) is 1. The fourth-order valence-corrected chi connectivity index (χ4v) is 2.84. The minimum atomic E-state index is -0.0936. The molecule has 0 heterocycles. The number of amides is 1. The largest absolute Gasteiger partial charge is 0.497 e. The van der Waals surface area contributed by atoms with E-state index in [4.69, 9.17) is 4.74 Å². The number of carbonyl (C=O) groups excluding carboxylic acids is 1. The van der Waals surface area contributed by atoms with Gasteiger partial charge in [0, 0.05) is 15.8 Å². The van der Waals surface area contributed by atoms with Crippen LogP contribution in [0.15, 0.2) is 53.4 Å². The lowest BCUT2D eigenvalue weighted by molar-refractivity contribution is 0.102. The Labute approximate surface area is 129 Å². The quantitative estimate of drug-likeness (QED) is 0.829. The fraction of sp³-hybridized carbons (Fsp3) is 0.235. The van der Waals surface area contributed by atoms with E-state index < -0.39 is 0 Å². The van der Waals surface area contributed by atoms with Crippen molar-refractivity contribution in [2.24, 2.45) is 0 Å².